The average molecular weight is 275 g/mol. The lowest BCUT2D eigenvalue weighted by molar-refractivity contribution is 0.122. The summed E-state index contributed by atoms with van der Waals surface area (Å²) in [5.74, 6) is 1.56. The van der Waals surface area contributed by atoms with Crippen molar-refractivity contribution >= 4 is 0 Å². The largest absolute Gasteiger partial charge is 0.380 e. The van der Waals surface area contributed by atoms with Crippen molar-refractivity contribution in [1.29, 1.82) is 0 Å². The monoisotopic (exact) mass is 275 g/mol. The Balaban J connectivity index is 1.72. The summed E-state index contributed by atoms with van der Waals surface area (Å²) in [5, 5.41) is 3.68. The Morgan fingerprint density at radius 3 is 2.45 bits per heavy atom. The molecule has 0 heterocycles. The van der Waals surface area contributed by atoms with Gasteiger partial charge in [-0.15, -0.1) is 0 Å². The van der Waals surface area contributed by atoms with E-state index in [9.17, 15) is 0 Å². The Morgan fingerprint density at radius 2 is 1.85 bits per heavy atom. The molecule has 0 saturated heterocycles. The molecule has 112 valence electrons. The molecule has 0 spiro atoms. The number of nitrogens with one attached hydrogen (secondary N) is 1. The van der Waals surface area contributed by atoms with Gasteiger partial charge in [0.05, 0.1) is 6.61 Å². The van der Waals surface area contributed by atoms with Crippen LogP contribution in [0.15, 0.2) is 24.3 Å². The molecule has 0 bridgehead atoms. The minimum Gasteiger partial charge on any atom is -0.380 e. The molecule has 0 amide bonds. The highest BCUT2D eigenvalue weighted by atomic mass is 16.5. The van der Waals surface area contributed by atoms with Crippen LogP contribution in [0.3, 0.4) is 0 Å². The van der Waals surface area contributed by atoms with Gasteiger partial charge >= 0.3 is 0 Å². The van der Waals surface area contributed by atoms with Gasteiger partial charge < -0.3 is 10.1 Å². The Hall–Kier alpha value is -0.860. The summed E-state index contributed by atoms with van der Waals surface area (Å²) >= 11 is 0. The second-order valence-corrected chi connectivity index (χ2v) is 6.47. The van der Waals surface area contributed by atoms with E-state index < -0.39 is 0 Å². The van der Waals surface area contributed by atoms with Gasteiger partial charge in [-0.3, -0.25) is 0 Å². The zero-order valence-electron chi connectivity index (χ0n) is 13.2. The SMILES string of the molecule is Cc1ccc(C(NCCOCCC(C)C)C2CC2)cc1. The van der Waals surface area contributed by atoms with Gasteiger partial charge in [0.25, 0.3) is 0 Å². The first-order valence-electron chi connectivity index (χ1n) is 8.04. The first-order valence-corrected chi connectivity index (χ1v) is 8.04. The molecule has 1 fully saturated rings. The van der Waals surface area contributed by atoms with E-state index in [1.807, 2.05) is 0 Å². The van der Waals surface area contributed by atoms with E-state index in [2.05, 4.69) is 50.4 Å². The summed E-state index contributed by atoms with van der Waals surface area (Å²) < 4.78 is 5.69. The van der Waals surface area contributed by atoms with Crippen molar-refractivity contribution in [3.05, 3.63) is 35.4 Å². The third kappa shape index (κ3) is 5.26. The lowest BCUT2D eigenvalue weighted by Gasteiger charge is -2.19. The van der Waals surface area contributed by atoms with E-state index in [1.165, 1.54) is 24.0 Å². The summed E-state index contributed by atoms with van der Waals surface area (Å²) in [4.78, 5) is 0. The standard InChI is InChI=1S/C18H29NO/c1-14(2)10-12-20-13-11-19-18(17-8-9-17)16-6-4-15(3)5-7-16/h4-7,14,17-19H,8-13H2,1-3H3. The summed E-state index contributed by atoms with van der Waals surface area (Å²) in [7, 11) is 0. The van der Waals surface area contributed by atoms with E-state index >= 15 is 0 Å². The molecule has 2 rings (SSSR count). The maximum Gasteiger partial charge on any atom is 0.0591 e. The van der Waals surface area contributed by atoms with Crippen LogP contribution in [0.4, 0.5) is 0 Å². The minimum absolute atomic E-state index is 0.518. The molecule has 1 aliphatic rings. The molecule has 1 saturated carbocycles. The fraction of sp³-hybridized carbons (Fsp3) is 0.667. The molecule has 1 atom stereocenters. The highest BCUT2D eigenvalue weighted by Gasteiger charge is 2.31. The topological polar surface area (TPSA) is 21.3 Å². The predicted octanol–water partition coefficient (Wildman–Crippen LogP) is 4.10. The lowest BCUT2D eigenvalue weighted by Crippen LogP contribution is -2.27. The van der Waals surface area contributed by atoms with Gasteiger partial charge in [-0.25, -0.2) is 0 Å². The summed E-state index contributed by atoms with van der Waals surface area (Å²) in [5.41, 5.74) is 2.76. The second kappa shape index (κ2) is 7.80. The van der Waals surface area contributed by atoms with Crippen LogP contribution < -0.4 is 5.32 Å². The molecule has 1 aromatic carbocycles. The van der Waals surface area contributed by atoms with Crippen LogP contribution in [-0.2, 0) is 4.74 Å². The predicted molar refractivity (Wildman–Crippen MR) is 84.9 cm³/mol. The van der Waals surface area contributed by atoms with E-state index in [-0.39, 0.29) is 0 Å². The maximum absolute atomic E-state index is 5.69. The van der Waals surface area contributed by atoms with Crippen LogP contribution in [0, 0.1) is 18.8 Å². The molecule has 1 aromatic rings. The molecule has 1 aliphatic carbocycles. The number of benzene rings is 1. The Morgan fingerprint density at radius 1 is 1.15 bits per heavy atom. The lowest BCUT2D eigenvalue weighted by atomic mass is 10.0. The molecule has 0 aliphatic heterocycles. The van der Waals surface area contributed by atoms with E-state index in [4.69, 9.17) is 4.74 Å². The molecule has 1 N–H and O–H groups in total. The van der Waals surface area contributed by atoms with Gasteiger partial charge in [-0.1, -0.05) is 43.7 Å². The molecule has 20 heavy (non-hydrogen) atoms. The smallest absolute Gasteiger partial charge is 0.0591 e. The molecule has 0 aromatic heterocycles. The zero-order valence-corrected chi connectivity index (χ0v) is 13.2. The Bertz CT molecular complexity index is 381. The third-order valence-corrected chi connectivity index (χ3v) is 3.98. The van der Waals surface area contributed by atoms with Crippen LogP contribution in [-0.4, -0.2) is 19.8 Å². The minimum atomic E-state index is 0.518. The number of rotatable bonds is 9. The van der Waals surface area contributed by atoms with Gasteiger partial charge in [-0.2, -0.15) is 0 Å². The number of aryl methyl sites for hydroxylation is 1. The highest BCUT2D eigenvalue weighted by molar-refractivity contribution is 5.25. The quantitative estimate of drug-likeness (QED) is 0.685. The van der Waals surface area contributed by atoms with Crippen molar-refractivity contribution in [2.24, 2.45) is 11.8 Å². The van der Waals surface area contributed by atoms with Crippen LogP contribution in [0.1, 0.15) is 50.3 Å². The fourth-order valence-corrected chi connectivity index (χ4v) is 2.47. The Labute approximate surface area is 123 Å². The third-order valence-electron chi connectivity index (χ3n) is 3.98. The number of hydrogen-bond acceptors (Lipinski definition) is 2. The zero-order chi connectivity index (χ0) is 14.4. The van der Waals surface area contributed by atoms with Gasteiger partial charge in [0.15, 0.2) is 0 Å². The molecule has 0 radical (unpaired) electrons. The second-order valence-electron chi connectivity index (χ2n) is 6.47. The number of hydrogen-bond donors (Lipinski definition) is 1. The van der Waals surface area contributed by atoms with Crippen molar-refractivity contribution in [3.63, 3.8) is 0 Å². The van der Waals surface area contributed by atoms with E-state index in [0.717, 1.165) is 38.0 Å². The summed E-state index contributed by atoms with van der Waals surface area (Å²) in [6.07, 6.45) is 3.88. The highest BCUT2D eigenvalue weighted by Crippen LogP contribution is 2.40. The first kappa shape index (κ1) is 15.5. The van der Waals surface area contributed by atoms with Crippen molar-refractivity contribution in [2.45, 2.75) is 46.1 Å². The first-order chi connectivity index (χ1) is 9.66. The van der Waals surface area contributed by atoms with Crippen LogP contribution in [0.5, 0.6) is 0 Å². The summed E-state index contributed by atoms with van der Waals surface area (Å²) in [6, 6.07) is 9.48. The van der Waals surface area contributed by atoms with Gasteiger partial charge in [-0.05, 0) is 43.6 Å². The van der Waals surface area contributed by atoms with Gasteiger partial charge in [0.1, 0.15) is 0 Å². The van der Waals surface area contributed by atoms with Crippen LogP contribution in [0.2, 0.25) is 0 Å². The molecular formula is C18H29NO. The van der Waals surface area contributed by atoms with Gasteiger partial charge in [0, 0.05) is 19.2 Å². The molecule has 2 heteroatoms. The average Bonchev–Trinajstić information content (AvgIpc) is 3.23. The number of ether oxygens (including phenoxy) is 1. The molecule has 2 nitrogen and oxygen atoms in total. The fourth-order valence-electron chi connectivity index (χ4n) is 2.47. The van der Waals surface area contributed by atoms with Crippen molar-refractivity contribution < 1.29 is 4.74 Å². The maximum atomic E-state index is 5.69. The van der Waals surface area contributed by atoms with Crippen molar-refractivity contribution in [3.8, 4) is 0 Å². The van der Waals surface area contributed by atoms with E-state index in [1.54, 1.807) is 0 Å². The molecular weight excluding hydrogens is 246 g/mol. The molecule has 1 unspecified atom stereocenters. The van der Waals surface area contributed by atoms with Crippen LogP contribution >= 0.6 is 0 Å². The van der Waals surface area contributed by atoms with Gasteiger partial charge in [0.2, 0.25) is 0 Å². The van der Waals surface area contributed by atoms with Crippen molar-refractivity contribution in [1.82, 2.24) is 5.32 Å². The Kier molecular flexibility index (Phi) is 6.06. The van der Waals surface area contributed by atoms with Crippen LogP contribution in [0.25, 0.3) is 0 Å². The summed E-state index contributed by atoms with van der Waals surface area (Å²) in [6.45, 7) is 9.28. The van der Waals surface area contributed by atoms with Crippen molar-refractivity contribution in [2.75, 3.05) is 19.8 Å². The normalized spacial score (nSPS) is 16.6. The van der Waals surface area contributed by atoms with E-state index in [0.29, 0.717) is 6.04 Å².